The molecule has 0 aromatic heterocycles. The SMILES string of the molecule is CC(=O)/C(O)=C(/O)C(O)C(O)CO. The van der Waals surface area contributed by atoms with Gasteiger partial charge in [-0.15, -0.1) is 0 Å². The third kappa shape index (κ3) is 3.02. The Balaban J connectivity index is 4.66. The van der Waals surface area contributed by atoms with Gasteiger partial charge >= 0.3 is 0 Å². The molecule has 0 fully saturated rings. The van der Waals surface area contributed by atoms with Gasteiger partial charge in [-0.1, -0.05) is 0 Å². The number of ketones is 1. The number of hydrogen-bond acceptors (Lipinski definition) is 6. The second-order valence-corrected chi connectivity index (χ2v) is 2.48. The van der Waals surface area contributed by atoms with Crippen LogP contribution in [-0.4, -0.2) is 50.1 Å². The van der Waals surface area contributed by atoms with E-state index in [1.54, 1.807) is 0 Å². The van der Waals surface area contributed by atoms with Crippen molar-refractivity contribution >= 4 is 5.78 Å². The van der Waals surface area contributed by atoms with Crippen LogP contribution in [0, 0.1) is 0 Å². The lowest BCUT2D eigenvalue weighted by atomic mass is 10.1. The van der Waals surface area contributed by atoms with E-state index in [0.717, 1.165) is 6.92 Å². The molecule has 0 bridgehead atoms. The van der Waals surface area contributed by atoms with E-state index in [0.29, 0.717) is 0 Å². The highest BCUT2D eigenvalue weighted by Gasteiger charge is 2.24. The molecule has 2 unspecified atom stereocenters. The van der Waals surface area contributed by atoms with Crippen molar-refractivity contribution in [2.75, 3.05) is 6.61 Å². The first-order valence-corrected chi connectivity index (χ1v) is 3.51. The summed E-state index contributed by atoms with van der Waals surface area (Å²) in [6.07, 6.45) is -3.50. The summed E-state index contributed by atoms with van der Waals surface area (Å²) in [6.45, 7) is 0.181. The van der Waals surface area contributed by atoms with Gasteiger partial charge in [-0.2, -0.15) is 0 Å². The number of allylic oxidation sites excluding steroid dienone is 1. The standard InChI is InChI=1S/C7H12O6/c1-3(9)5(11)7(13)6(12)4(10)2-8/h4,6,8,10-13H,2H2,1H3/b7-5-. The maximum absolute atomic E-state index is 10.5. The summed E-state index contributed by atoms with van der Waals surface area (Å²) in [5.41, 5.74) is 0. The molecule has 0 radical (unpaired) electrons. The van der Waals surface area contributed by atoms with Crippen LogP contribution in [0.5, 0.6) is 0 Å². The van der Waals surface area contributed by atoms with Gasteiger partial charge in [0.2, 0.25) is 0 Å². The minimum absolute atomic E-state index is 0.795. The van der Waals surface area contributed by atoms with E-state index in [1.165, 1.54) is 0 Å². The molecule has 0 saturated heterocycles. The smallest absolute Gasteiger partial charge is 0.199 e. The molecule has 6 nitrogen and oxygen atoms in total. The van der Waals surface area contributed by atoms with Crippen LogP contribution in [0.4, 0.5) is 0 Å². The van der Waals surface area contributed by atoms with Gasteiger partial charge in [-0.25, -0.2) is 0 Å². The highest BCUT2D eigenvalue weighted by atomic mass is 16.4. The van der Waals surface area contributed by atoms with E-state index >= 15 is 0 Å². The van der Waals surface area contributed by atoms with Crippen molar-refractivity contribution in [2.45, 2.75) is 19.1 Å². The molecule has 0 rings (SSSR count). The minimum atomic E-state index is -1.87. The maximum atomic E-state index is 10.5. The molecule has 0 amide bonds. The van der Waals surface area contributed by atoms with Gasteiger partial charge in [0.15, 0.2) is 17.3 Å². The zero-order valence-electron chi connectivity index (χ0n) is 7.01. The summed E-state index contributed by atoms with van der Waals surface area (Å²) in [5.74, 6) is -2.92. The van der Waals surface area contributed by atoms with Gasteiger partial charge in [0.1, 0.15) is 12.2 Å². The van der Waals surface area contributed by atoms with E-state index in [4.69, 9.17) is 25.5 Å². The Morgan fingerprint density at radius 1 is 1.31 bits per heavy atom. The fourth-order valence-corrected chi connectivity index (χ4v) is 0.603. The lowest BCUT2D eigenvalue weighted by Crippen LogP contribution is -2.32. The predicted molar refractivity (Wildman–Crippen MR) is 42.1 cm³/mol. The van der Waals surface area contributed by atoms with E-state index in [2.05, 4.69) is 0 Å². The average Bonchev–Trinajstić information content (AvgIpc) is 2.12. The van der Waals surface area contributed by atoms with Crippen molar-refractivity contribution in [1.82, 2.24) is 0 Å². The van der Waals surface area contributed by atoms with Crippen LogP contribution in [0.25, 0.3) is 0 Å². The second-order valence-electron chi connectivity index (χ2n) is 2.48. The molecule has 76 valence electrons. The number of aliphatic hydroxyl groups excluding tert-OH is 5. The number of aliphatic hydroxyl groups is 5. The first-order chi connectivity index (χ1) is 5.91. The van der Waals surface area contributed by atoms with Crippen molar-refractivity contribution < 1.29 is 30.3 Å². The molecule has 5 N–H and O–H groups in total. The summed E-state index contributed by atoms with van der Waals surface area (Å²) in [4.78, 5) is 10.5. The van der Waals surface area contributed by atoms with Crippen molar-refractivity contribution in [1.29, 1.82) is 0 Å². The average molecular weight is 192 g/mol. The highest BCUT2D eigenvalue weighted by Crippen LogP contribution is 2.08. The summed E-state index contributed by atoms with van der Waals surface area (Å²) in [6, 6.07) is 0. The van der Waals surface area contributed by atoms with Crippen molar-refractivity contribution in [3.63, 3.8) is 0 Å². The third-order valence-corrected chi connectivity index (χ3v) is 1.41. The number of Topliss-reactive ketones (excluding diaryl/α,β-unsaturated/α-hetero) is 1. The Morgan fingerprint density at radius 2 is 1.77 bits per heavy atom. The quantitative estimate of drug-likeness (QED) is 0.276. The zero-order valence-corrected chi connectivity index (χ0v) is 7.01. The Labute approximate surface area is 74.4 Å². The van der Waals surface area contributed by atoms with Crippen LogP contribution in [0.15, 0.2) is 11.5 Å². The van der Waals surface area contributed by atoms with Crippen LogP contribution in [-0.2, 0) is 4.79 Å². The van der Waals surface area contributed by atoms with Gasteiger partial charge in [0, 0.05) is 6.92 Å². The van der Waals surface area contributed by atoms with Crippen LogP contribution in [0.3, 0.4) is 0 Å². The molecule has 13 heavy (non-hydrogen) atoms. The summed E-state index contributed by atoms with van der Waals surface area (Å²) in [5, 5.41) is 43.9. The predicted octanol–water partition coefficient (Wildman–Crippen LogP) is -1.38. The first-order valence-electron chi connectivity index (χ1n) is 3.51. The largest absolute Gasteiger partial charge is 0.506 e. The number of carbonyl (C=O) groups excluding carboxylic acids is 1. The summed E-state index contributed by atoms with van der Waals surface area (Å²) < 4.78 is 0. The molecule has 0 aromatic rings. The summed E-state index contributed by atoms with van der Waals surface area (Å²) in [7, 11) is 0. The molecular formula is C7H12O6. The molecule has 0 saturated carbocycles. The molecule has 0 aromatic carbocycles. The van der Waals surface area contributed by atoms with Crippen LogP contribution >= 0.6 is 0 Å². The van der Waals surface area contributed by atoms with Crippen LogP contribution < -0.4 is 0 Å². The lowest BCUT2D eigenvalue weighted by molar-refractivity contribution is -0.116. The maximum Gasteiger partial charge on any atom is 0.199 e. The fourth-order valence-electron chi connectivity index (χ4n) is 0.603. The zero-order chi connectivity index (χ0) is 10.6. The molecule has 0 aliphatic rings. The Kier molecular flexibility index (Phi) is 4.39. The van der Waals surface area contributed by atoms with Gasteiger partial charge < -0.3 is 25.5 Å². The first kappa shape index (κ1) is 11.9. The molecule has 0 aliphatic carbocycles. The van der Waals surface area contributed by atoms with E-state index < -0.39 is 36.1 Å². The third-order valence-electron chi connectivity index (χ3n) is 1.41. The molecule has 2 atom stereocenters. The van der Waals surface area contributed by atoms with Crippen molar-refractivity contribution in [3.05, 3.63) is 11.5 Å². The Bertz CT molecular complexity index is 221. The highest BCUT2D eigenvalue weighted by molar-refractivity contribution is 5.91. The van der Waals surface area contributed by atoms with Gasteiger partial charge in [-0.3, -0.25) is 4.79 Å². The molecule has 0 spiro atoms. The van der Waals surface area contributed by atoms with E-state index in [-0.39, 0.29) is 0 Å². The van der Waals surface area contributed by atoms with Crippen molar-refractivity contribution in [3.8, 4) is 0 Å². The number of carbonyl (C=O) groups is 1. The minimum Gasteiger partial charge on any atom is -0.506 e. The van der Waals surface area contributed by atoms with Gasteiger partial charge in [0.05, 0.1) is 6.61 Å². The normalized spacial score (nSPS) is 17.5. The monoisotopic (exact) mass is 192 g/mol. The topological polar surface area (TPSA) is 118 Å². The number of rotatable bonds is 4. The van der Waals surface area contributed by atoms with Gasteiger partial charge in [0.25, 0.3) is 0 Å². The van der Waals surface area contributed by atoms with Gasteiger partial charge in [-0.05, 0) is 0 Å². The lowest BCUT2D eigenvalue weighted by Gasteiger charge is -2.14. The molecule has 6 heteroatoms. The van der Waals surface area contributed by atoms with Crippen LogP contribution in [0.2, 0.25) is 0 Å². The van der Waals surface area contributed by atoms with E-state index in [9.17, 15) is 4.79 Å². The van der Waals surface area contributed by atoms with Crippen molar-refractivity contribution in [2.24, 2.45) is 0 Å². The molecular weight excluding hydrogens is 180 g/mol. The number of hydrogen-bond donors (Lipinski definition) is 5. The Hall–Kier alpha value is -1.11. The Morgan fingerprint density at radius 3 is 2.08 bits per heavy atom. The molecule has 0 aliphatic heterocycles. The van der Waals surface area contributed by atoms with E-state index in [1.807, 2.05) is 0 Å². The fraction of sp³-hybridized carbons (Fsp3) is 0.571. The second kappa shape index (κ2) is 4.80. The van der Waals surface area contributed by atoms with Crippen LogP contribution in [0.1, 0.15) is 6.92 Å². The summed E-state index contributed by atoms with van der Waals surface area (Å²) >= 11 is 0. The molecule has 0 heterocycles.